The Hall–Kier alpha value is -1.75. The van der Waals surface area contributed by atoms with Crippen molar-refractivity contribution in [1.82, 2.24) is 10.9 Å². The van der Waals surface area contributed by atoms with Gasteiger partial charge in [-0.25, -0.2) is 10.2 Å². The predicted octanol–water partition coefficient (Wildman–Crippen LogP) is 1.39. The van der Waals surface area contributed by atoms with E-state index >= 15 is 0 Å². The number of alkyl halides is 1. The minimum atomic E-state index is -0.524. The van der Waals surface area contributed by atoms with Crippen LogP contribution in [0.1, 0.15) is 5.56 Å². The maximum Gasteiger partial charge on any atom is 0.337 e. The third-order valence-corrected chi connectivity index (χ3v) is 1.96. The summed E-state index contributed by atoms with van der Waals surface area (Å²) in [5.74, 6) is -0.675. The molecule has 1 aromatic carbocycles. The molecule has 0 aromatic heterocycles. The maximum absolute atomic E-state index is 11.3. The number of benzene rings is 1. The third-order valence-electron chi connectivity index (χ3n) is 1.71. The van der Waals surface area contributed by atoms with E-state index in [-0.39, 0.29) is 5.88 Å². The van der Waals surface area contributed by atoms with Crippen molar-refractivity contribution in [1.29, 1.82) is 0 Å². The van der Waals surface area contributed by atoms with Crippen LogP contribution in [0.5, 0.6) is 0 Å². The molecule has 0 aliphatic rings. The molecule has 0 bridgehead atoms. The Bertz CT molecular complexity index is 395. The van der Waals surface area contributed by atoms with Crippen LogP contribution in [-0.4, -0.2) is 17.8 Å². The molecule has 0 radical (unpaired) electrons. The lowest BCUT2D eigenvalue weighted by molar-refractivity contribution is -0.119. The number of amides is 3. The van der Waals surface area contributed by atoms with Gasteiger partial charge in [0.25, 0.3) is 5.91 Å². The first-order valence-electron chi connectivity index (χ1n) is 4.60. The Labute approximate surface area is 98.1 Å². The summed E-state index contributed by atoms with van der Waals surface area (Å²) < 4.78 is 0. The number of aryl methyl sites for hydroxylation is 1. The van der Waals surface area contributed by atoms with E-state index in [1.165, 1.54) is 0 Å². The second-order valence-corrected chi connectivity index (χ2v) is 3.40. The van der Waals surface area contributed by atoms with E-state index in [0.29, 0.717) is 5.69 Å². The largest absolute Gasteiger partial charge is 0.337 e. The molecule has 6 heteroatoms. The summed E-state index contributed by atoms with van der Waals surface area (Å²) in [6.07, 6.45) is 0. The van der Waals surface area contributed by atoms with Crippen LogP contribution in [0.4, 0.5) is 10.5 Å². The first-order chi connectivity index (χ1) is 7.61. The van der Waals surface area contributed by atoms with Gasteiger partial charge < -0.3 is 5.32 Å². The van der Waals surface area contributed by atoms with Crippen molar-refractivity contribution in [3.63, 3.8) is 0 Å². The molecule has 3 N–H and O–H groups in total. The van der Waals surface area contributed by atoms with Crippen LogP contribution >= 0.6 is 11.6 Å². The molecule has 0 saturated heterocycles. The van der Waals surface area contributed by atoms with Crippen molar-refractivity contribution in [2.75, 3.05) is 11.2 Å². The van der Waals surface area contributed by atoms with Crippen LogP contribution in [0, 0.1) is 6.92 Å². The molecule has 5 nitrogen and oxygen atoms in total. The lowest BCUT2D eigenvalue weighted by Crippen LogP contribution is -2.44. The zero-order valence-electron chi connectivity index (χ0n) is 8.71. The monoisotopic (exact) mass is 241 g/mol. The topological polar surface area (TPSA) is 70.2 Å². The highest BCUT2D eigenvalue weighted by molar-refractivity contribution is 6.27. The zero-order valence-corrected chi connectivity index (χ0v) is 9.47. The van der Waals surface area contributed by atoms with Crippen molar-refractivity contribution < 1.29 is 9.59 Å². The summed E-state index contributed by atoms with van der Waals surface area (Å²) in [6, 6.07) is 6.77. The fourth-order valence-electron chi connectivity index (χ4n) is 1.05. The predicted molar refractivity (Wildman–Crippen MR) is 62.2 cm³/mol. The number of nitrogens with one attached hydrogen (secondary N) is 3. The third kappa shape index (κ3) is 4.18. The van der Waals surface area contributed by atoms with Gasteiger partial charge in [0.1, 0.15) is 5.88 Å². The summed E-state index contributed by atoms with van der Waals surface area (Å²) in [4.78, 5) is 22.0. The van der Waals surface area contributed by atoms with Gasteiger partial charge in [-0.3, -0.25) is 10.2 Å². The van der Waals surface area contributed by atoms with Crippen molar-refractivity contribution in [2.45, 2.75) is 6.92 Å². The average Bonchev–Trinajstić information content (AvgIpc) is 2.26. The van der Waals surface area contributed by atoms with Crippen molar-refractivity contribution >= 4 is 29.2 Å². The summed E-state index contributed by atoms with van der Waals surface area (Å²) in [7, 11) is 0. The lowest BCUT2D eigenvalue weighted by atomic mass is 10.2. The minimum absolute atomic E-state index is 0.204. The molecule has 3 amide bonds. The molecule has 1 aromatic rings. The van der Waals surface area contributed by atoms with E-state index in [1.54, 1.807) is 6.07 Å². The molecule has 0 atom stereocenters. The van der Waals surface area contributed by atoms with Gasteiger partial charge in [0.05, 0.1) is 0 Å². The first kappa shape index (κ1) is 12.3. The maximum atomic E-state index is 11.3. The molecule has 86 valence electrons. The van der Waals surface area contributed by atoms with Crippen LogP contribution < -0.4 is 16.2 Å². The number of anilines is 1. The average molecular weight is 242 g/mol. The Morgan fingerprint density at radius 1 is 1.31 bits per heavy atom. The highest BCUT2D eigenvalue weighted by Gasteiger charge is 2.03. The molecular weight excluding hydrogens is 230 g/mol. The molecule has 0 fully saturated rings. The Morgan fingerprint density at radius 2 is 2.06 bits per heavy atom. The fourth-order valence-corrected chi connectivity index (χ4v) is 1.11. The molecule has 0 spiro atoms. The Kier molecular flexibility index (Phi) is 4.60. The molecule has 16 heavy (non-hydrogen) atoms. The number of halogens is 1. The Morgan fingerprint density at radius 3 is 2.69 bits per heavy atom. The van der Waals surface area contributed by atoms with Crippen LogP contribution in [0.2, 0.25) is 0 Å². The van der Waals surface area contributed by atoms with E-state index in [0.717, 1.165) is 5.56 Å². The molecule has 0 heterocycles. The highest BCUT2D eigenvalue weighted by Crippen LogP contribution is 2.08. The zero-order chi connectivity index (χ0) is 12.0. The van der Waals surface area contributed by atoms with Crippen molar-refractivity contribution in [3.8, 4) is 0 Å². The number of hydrazine groups is 1. The number of hydrogen-bond donors (Lipinski definition) is 3. The van der Waals surface area contributed by atoms with Gasteiger partial charge in [0.15, 0.2) is 0 Å². The summed E-state index contributed by atoms with van der Waals surface area (Å²) in [5, 5.41) is 2.55. The second-order valence-electron chi connectivity index (χ2n) is 3.13. The van der Waals surface area contributed by atoms with Crippen LogP contribution in [-0.2, 0) is 4.79 Å². The van der Waals surface area contributed by atoms with Crippen LogP contribution in [0.15, 0.2) is 24.3 Å². The number of hydrogen-bond acceptors (Lipinski definition) is 2. The van der Waals surface area contributed by atoms with Crippen molar-refractivity contribution in [3.05, 3.63) is 29.8 Å². The normalized spacial score (nSPS) is 9.38. The van der Waals surface area contributed by atoms with Crippen LogP contribution in [0.25, 0.3) is 0 Å². The van der Waals surface area contributed by atoms with Gasteiger partial charge in [-0.05, 0) is 24.6 Å². The smallest absolute Gasteiger partial charge is 0.307 e. The van der Waals surface area contributed by atoms with Gasteiger partial charge in [-0.15, -0.1) is 11.6 Å². The fraction of sp³-hybridized carbons (Fsp3) is 0.200. The van der Waals surface area contributed by atoms with E-state index in [4.69, 9.17) is 11.6 Å². The number of carbonyl (C=O) groups excluding carboxylic acids is 2. The summed E-state index contributed by atoms with van der Waals surface area (Å²) in [6.45, 7) is 1.92. The van der Waals surface area contributed by atoms with Gasteiger partial charge in [-0.2, -0.15) is 0 Å². The lowest BCUT2D eigenvalue weighted by Gasteiger charge is -2.08. The molecule has 0 saturated carbocycles. The second kappa shape index (κ2) is 5.97. The standard InChI is InChI=1S/C10H12ClN3O2/c1-7-3-2-4-8(5-7)12-10(16)14-13-9(15)6-11/h2-5H,6H2,1H3,(H,13,15)(H2,12,14,16). The minimum Gasteiger partial charge on any atom is -0.307 e. The molecule has 1 rings (SSSR count). The van der Waals surface area contributed by atoms with E-state index in [9.17, 15) is 9.59 Å². The molecule has 0 unspecified atom stereocenters. The highest BCUT2D eigenvalue weighted by atomic mass is 35.5. The van der Waals surface area contributed by atoms with E-state index < -0.39 is 11.9 Å². The molecule has 0 aliphatic heterocycles. The first-order valence-corrected chi connectivity index (χ1v) is 5.13. The van der Waals surface area contributed by atoms with Crippen molar-refractivity contribution in [2.24, 2.45) is 0 Å². The summed E-state index contributed by atoms with van der Waals surface area (Å²) >= 11 is 5.23. The van der Waals surface area contributed by atoms with E-state index in [1.807, 2.05) is 25.1 Å². The number of rotatable bonds is 2. The van der Waals surface area contributed by atoms with Gasteiger partial charge in [-0.1, -0.05) is 12.1 Å². The molecular formula is C10H12ClN3O2. The van der Waals surface area contributed by atoms with Gasteiger partial charge >= 0.3 is 6.03 Å². The number of urea groups is 1. The SMILES string of the molecule is Cc1cccc(NC(=O)NNC(=O)CCl)c1. The summed E-state index contributed by atoms with van der Waals surface area (Å²) in [5.41, 5.74) is 5.98. The quantitative estimate of drug-likeness (QED) is 0.541. The van der Waals surface area contributed by atoms with E-state index in [2.05, 4.69) is 16.2 Å². The van der Waals surface area contributed by atoms with Crippen LogP contribution in [0.3, 0.4) is 0 Å². The van der Waals surface area contributed by atoms with Gasteiger partial charge in [0, 0.05) is 5.69 Å². The number of carbonyl (C=O) groups is 2. The Balaban J connectivity index is 2.43. The molecule has 0 aliphatic carbocycles. The van der Waals surface area contributed by atoms with Gasteiger partial charge in [0.2, 0.25) is 0 Å².